The standard InChI is InChI=1S/C17H20N2O3/c20-16(21)14-9-15(10-14)18-17(22)19-8-4-7-13(11-19)12-5-2-1-3-6-12/h1-3,5-7,14-15H,4,8-11H2,(H,18,22)(H,20,21). The van der Waals surface area contributed by atoms with Gasteiger partial charge in [0.05, 0.1) is 5.92 Å². The van der Waals surface area contributed by atoms with Crippen molar-refractivity contribution >= 4 is 17.6 Å². The van der Waals surface area contributed by atoms with Gasteiger partial charge in [-0.3, -0.25) is 4.79 Å². The zero-order valence-electron chi connectivity index (χ0n) is 12.4. The molecule has 1 fully saturated rings. The van der Waals surface area contributed by atoms with Gasteiger partial charge in [0.15, 0.2) is 0 Å². The van der Waals surface area contributed by atoms with Crippen LogP contribution < -0.4 is 5.32 Å². The second-order valence-electron chi connectivity index (χ2n) is 5.96. The van der Waals surface area contributed by atoms with Crippen molar-refractivity contribution in [2.24, 2.45) is 5.92 Å². The molecule has 22 heavy (non-hydrogen) atoms. The van der Waals surface area contributed by atoms with Crippen molar-refractivity contribution in [3.63, 3.8) is 0 Å². The molecule has 0 aromatic heterocycles. The Kier molecular flexibility index (Phi) is 4.13. The maximum atomic E-state index is 12.3. The topological polar surface area (TPSA) is 69.6 Å². The van der Waals surface area contributed by atoms with Crippen molar-refractivity contribution in [3.05, 3.63) is 42.0 Å². The highest BCUT2D eigenvalue weighted by Crippen LogP contribution is 2.28. The SMILES string of the molecule is O=C(O)C1CC(NC(=O)N2CCC=C(c3ccccc3)C2)C1. The molecule has 0 spiro atoms. The van der Waals surface area contributed by atoms with Crippen LogP contribution >= 0.6 is 0 Å². The minimum absolute atomic E-state index is 0.000295. The molecule has 1 aliphatic heterocycles. The molecule has 2 amide bonds. The highest BCUT2D eigenvalue weighted by molar-refractivity contribution is 5.79. The molecule has 0 saturated heterocycles. The fourth-order valence-electron chi connectivity index (χ4n) is 2.98. The van der Waals surface area contributed by atoms with Crippen molar-refractivity contribution in [2.45, 2.75) is 25.3 Å². The third kappa shape index (κ3) is 3.13. The van der Waals surface area contributed by atoms with Gasteiger partial charge >= 0.3 is 12.0 Å². The molecule has 2 N–H and O–H groups in total. The van der Waals surface area contributed by atoms with E-state index in [1.807, 2.05) is 18.2 Å². The van der Waals surface area contributed by atoms with Crippen LogP contribution in [0, 0.1) is 5.92 Å². The van der Waals surface area contributed by atoms with E-state index >= 15 is 0 Å². The molecule has 0 radical (unpaired) electrons. The molecular formula is C17H20N2O3. The molecular weight excluding hydrogens is 280 g/mol. The highest BCUT2D eigenvalue weighted by Gasteiger charge is 2.36. The fraction of sp³-hybridized carbons (Fsp3) is 0.412. The van der Waals surface area contributed by atoms with E-state index < -0.39 is 5.97 Å². The number of carbonyl (C=O) groups excluding carboxylic acids is 1. The van der Waals surface area contributed by atoms with Crippen LogP contribution in [0.4, 0.5) is 4.79 Å². The lowest BCUT2D eigenvalue weighted by atomic mass is 9.80. The first kappa shape index (κ1) is 14.6. The number of carboxylic acid groups (broad SMARTS) is 1. The number of benzene rings is 1. The molecule has 0 atom stereocenters. The van der Waals surface area contributed by atoms with E-state index in [2.05, 4.69) is 23.5 Å². The van der Waals surface area contributed by atoms with Gasteiger partial charge in [0, 0.05) is 19.1 Å². The second kappa shape index (κ2) is 6.22. The highest BCUT2D eigenvalue weighted by atomic mass is 16.4. The summed E-state index contributed by atoms with van der Waals surface area (Å²) in [5.74, 6) is -1.07. The Balaban J connectivity index is 1.54. The zero-order valence-corrected chi connectivity index (χ0v) is 12.4. The molecule has 1 heterocycles. The number of amides is 2. The quantitative estimate of drug-likeness (QED) is 0.900. The van der Waals surface area contributed by atoms with Gasteiger partial charge in [-0.1, -0.05) is 36.4 Å². The van der Waals surface area contributed by atoms with E-state index in [-0.39, 0.29) is 18.0 Å². The van der Waals surface area contributed by atoms with E-state index in [4.69, 9.17) is 5.11 Å². The molecule has 3 rings (SSSR count). The molecule has 5 heteroatoms. The third-order valence-corrected chi connectivity index (χ3v) is 4.40. The first-order valence-electron chi connectivity index (χ1n) is 7.66. The Hall–Kier alpha value is -2.30. The molecule has 0 bridgehead atoms. The molecule has 5 nitrogen and oxygen atoms in total. The Morgan fingerprint density at radius 2 is 1.91 bits per heavy atom. The molecule has 0 unspecified atom stereocenters. The number of hydrogen-bond donors (Lipinski definition) is 2. The van der Waals surface area contributed by atoms with Gasteiger partial charge in [0.1, 0.15) is 0 Å². The van der Waals surface area contributed by atoms with Crippen molar-refractivity contribution in [2.75, 3.05) is 13.1 Å². The van der Waals surface area contributed by atoms with Gasteiger partial charge in [0.25, 0.3) is 0 Å². The van der Waals surface area contributed by atoms with Crippen molar-refractivity contribution in [1.29, 1.82) is 0 Å². The zero-order chi connectivity index (χ0) is 15.5. The number of nitrogens with one attached hydrogen (secondary N) is 1. The van der Waals surface area contributed by atoms with E-state index in [0.717, 1.165) is 12.0 Å². The van der Waals surface area contributed by atoms with E-state index in [1.54, 1.807) is 4.90 Å². The maximum Gasteiger partial charge on any atom is 0.317 e. The number of urea groups is 1. The number of carbonyl (C=O) groups is 2. The normalized spacial score (nSPS) is 24.2. The molecule has 1 aromatic carbocycles. The van der Waals surface area contributed by atoms with Crippen LogP contribution in [0.25, 0.3) is 5.57 Å². The average molecular weight is 300 g/mol. The number of hydrogen-bond acceptors (Lipinski definition) is 2. The number of rotatable bonds is 3. The van der Waals surface area contributed by atoms with E-state index in [0.29, 0.717) is 25.9 Å². The summed E-state index contributed by atoms with van der Waals surface area (Å²) in [5.41, 5.74) is 2.31. The third-order valence-electron chi connectivity index (χ3n) is 4.40. The van der Waals surface area contributed by atoms with Crippen molar-refractivity contribution in [1.82, 2.24) is 10.2 Å². The summed E-state index contributed by atoms with van der Waals surface area (Å²) in [5, 5.41) is 11.8. The summed E-state index contributed by atoms with van der Waals surface area (Å²) in [6, 6.07) is 9.99. The van der Waals surface area contributed by atoms with Gasteiger partial charge in [-0.15, -0.1) is 0 Å². The largest absolute Gasteiger partial charge is 0.481 e. The molecule has 1 aliphatic carbocycles. The number of nitrogens with zero attached hydrogens (tertiary/aromatic N) is 1. The van der Waals surface area contributed by atoms with Gasteiger partial charge in [-0.25, -0.2) is 4.79 Å². The van der Waals surface area contributed by atoms with Crippen molar-refractivity contribution in [3.8, 4) is 0 Å². The van der Waals surface area contributed by atoms with E-state index in [1.165, 1.54) is 5.57 Å². The van der Waals surface area contributed by atoms with Crippen LogP contribution in [0.15, 0.2) is 36.4 Å². The van der Waals surface area contributed by atoms with Gasteiger partial charge in [-0.05, 0) is 30.4 Å². The maximum absolute atomic E-state index is 12.3. The predicted molar refractivity (Wildman–Crippen MR) is 83.3 cm³/mol. The Morgan fingerprint density at radius 1 is 1.18 bits per heavy atom. The first-order chi connectivity index (χ1) is 10.6. The Bertz CT molecular complexity index is 591. The van der Waals surface area contributed by atoms with Crippen molar-refractivity contribution < 1.29 is 14.7 Å². The summed E-state index contributed by atoms with van der Waals surface area (Å²) in [4.78, 5) is 24.9. The Labute approximate surface area is 129 Å². The van der Waals surface area contributed by atoms with Crippen LogP contribution in [-0.4, -0.2) is 41.1 Å². The molecule has 1 saturated carbocycles. The molecule has 2 aliphatic rings. The predicted octanol–water partition coefficient (Wildman–Crippen LogP) is 2.35. The van der Waals surface area contributed by atoms with Gasteiger partial charge < -0.3 is 15.3 Å². The molecule has 1 aromatic rings. The lowest BCUT2D eigenvalue weighted by molar-refractivity contribution is -0.145. The summed E-state index contributed by atoms with van der Waals surface area (Å²) in [7, 11) is 0. The number of aliphatic carboxylic acids is 1. The fourth-order valence-corrected chi connectivity index (χ4v) is 2.98. The first-order valence-corrected chi connectivity index (χ1v) is 7.66. The van der Waals surface area contributed by atoms with E-state index in [9.17, 15) is 9.59 Å². The Morgan fingerprint density at radius 3 is 2.59 bits per heavy atom. The van der Waals surface area contributed by atoms with Gasteiger partial charge in [0.2, 0.25) is 0 Å². The smallest absolute Gasteiger partial charge is 0.317 e. The van der Waals surface area contributed by atoms with Crippen LogP contribution in [-0.2, 0) is 4.79 Å². The summed E-state index contributed by atoms with van der Waals surface area (Å²) in [6.07, 6.45) is 4.11. The van der Waals surface area contributed by atoms with Gasteiger partial charge in [-0.2, -0.15) is 0 Å². The average Bonchev–Trinajstić information content (AvgIpc) is 2.51. The lowest BCUT2D eigenvalue weighted by Crippen LogP contribution is -2.52. The summed E-state index contributed by atoms with van der Waals surface area (Å²) < 4.78 is 0. The van der Waals surface area contributed by atoms with Crippen LogP contribution in [0.5, 0.6) is 0 Å². The van der Waals surface area contributed by atoms with Crippen LogP contribution in [0.1, 0.15) is 24.8 Å². The number of carboxylic acids is 1. The molecule has 116 valence electrons. The monoisotopic (exact) mass is 300 g/mol. The van der Waals surface area contributed by atoms with Crippen LogP contribution in [0.2, 0.25) is 0 Å². The summed E-state index contributed by atoms with van der Waals surface area (Å²) >= 11 is 0. The summed E-state index contributed by atoms with van der Waals surface area (Å²) in [6.45, 7) is 1.31. The second-order valence-corrected chi connectivity index (χ2v) is 5.96. The minimum Gasteiger partial charge on any atom is -0.481 e. The van der Waals surface area contributed by atoms with Crippen LogP contribution in [0.3, 0.4) is 0 Å². The minimum atomic E-state index is -0.766. The lowest BCUT2D eigenvalue weighted by Gasteiger charge is -2.36.